The molecule has 6 heteroatoms. The van der Waals surface area contributed by atoms with Crippen molar-refractivity contribution in [1.29, 1.82) is 0 Å². The van der Waals surface area contributed by atoms with Crippen molar-refractivity contribution < 1.29 is 19.1 Å². The molecular weight excluding hydrogens is 464 g/mol. The van der Waals surface area contributed by atoms with E-state index in [0.717, 1.165) is 38.8 Å². The Labute approximate surface area is 225 Å². The molecule has 1 aromatic carbocycles. The van der Waals surface area contributed by atoms with Gasteiger partial charge in [-0.25, -0.2) is 0 Å². The van der Waals surface area contributed by atoms with Crippen LogP contribution in [0.25, 0.3) is 0 Å². The quantitative estimate of drug-likeness (QED) is 0.318. The highest BCUT2D eigenvalue weighted by atomic mass is 16.5. The smallest absolute Gasteiger partial charge is 0.313 e. The summed E-state index contributed by atoms with van der Waals surface area (Å²) in [6.07, 6.45) is 3.55. The summed E-state index contributed by atoms with van der Waals surface area (Å²) >= 11 is 0. The summed E-state index contributed by atoms with van der Waals surface area (Å²) in [4.78, 5) is 28.6. The normalized spacial score (nSPS) is 24.1. The van der Waals surface area contributed by atoms with Crippen molar-refractivity contribution in [3.05, 3.63) is 35.4 Å². The summed E-state index contributed by atoms with van der Waals surface area (Å²) in [5.74, 6) is -0.568. The second-order valence-electron chi connectivity index (χ2n) is 13.9. The molecule has 2 aliphatic heterocycles. The number of methoxy groups -OCH3 is 1. The molecule has 0 aromatic heterocycles. The molecule has 2 fully saturated rings. The molecular formula is C31H50N2O4. The zero-order valence-electron chi connectivity index (χ0n) is 24.9. The molecule has 0 atom stereocenters. The molecule has 6 nitrogen and oxygen atoms in total. The molecule has 1 aromatic rings. The number of likely N-dealkylation sites (tertiary alicyclic amines) is 2. The summed E-state index contributed by atoms with van der Waals surface area (Å²) in [6, 6.07) is 9.09. The maximum atomic E-state index is 12.1. The Balaban J connectivity index is 1.69. The first-order valence-corrected chi connectivity index (χ1v) is 13.8. The van der Waals surface area contributed by atoms with Crippen molar-refractivity contribution in [2.45, 2.75) is 142 Å². The third kappa shape index (κ3) is 7.21. The molecule has 2 heterocycles. The van der Waals surface area contributed by atoms with Crippen LogP contribution in [0.4, 0.5) is 0 Å². The van der Waals surface area contributed by atoms with E-state index >= 15 is 0 Å². The lowest BCUT2D eigenvalue weighted by molar-refractivity contribution is -0.161. The number of rotatable bonds is 8. The first-order valence-electron chi connectivity index (χ1n) is 13.8. The molecule has 0 amide bonds. The van der Waals surface area contributed by atoms with Crippen LogP contribution in [0.2, 0.25) is 0 Å². The van der Waals surface area contributed by atoms with Gasteiger partial charge in [0, 0.05) is 55.2 Å². The van der Waals surface area contributed by atoms with Gasteiger partial charge in [-0.1, -0.05) is 24.3 Å². The molecule has 208 valence electrons. The van der Waals surface area contributed by atoms with Crippen LogP contribution >= 0.6 is 0 Å². The van der Waals surface area contributed by atoms with Crippen molar-refractivity contribution in [2.75, 3.05) is 7.11 Å². The van der Waals surface area contributed by atoms with Crippen molar-refractivity contribution in [2.24, 2.45) is 0 Å². The Hall–Kier alpha value is -1.76. The highest BCUT2D eigenvalue weighted by Gasteiger charge is 2.47. The van der Waals surface area contributed by atoms with Crippen LogP contribution in [0.15, 0.2) is 24.3 Å². The molecule has 2 saturated heterocycles. The van der Waals surface area contributed by atoms with Gasteiger partial charge in [-0.05, 0) is 86.3 Å². The van der Waals surface area contributed by atoms with Gasteiger partial charge in [0.1, 0.15) is 18.3 Å². The van der Waals surface area contributed by atoms with Gasteiger partial charge in [-0.3, -0.25) is 19.4 Å². The van der Waals surface area contributed by atoms with E-state index in [9.17, 15) is 9.59 Å². The van der Waals surface area contributed by atoms with Crippen molar-refractivity contribution in [3.63, 3.8) is 0 Å². The lowest BCUT2D eigenvalue weighted by Crippen LogP contribution is -2.61. The van der Waals surface area contributed by atoms with Crippen molar-refractivity contribution >= 4 is 11.8 Å². The van der Waals surface area contributed by atoms with Gasteiger partial charge in [0.05, 0.1) is 6.10 Å². The molecule has 0 N–H and O–H groups in total. The van der Waals surface area contributed by atoms with Gasteiger partial charge in [-0.15, -0.1) is 0 Å². The van der Waals surface area contributed by atoms with E-state index in [1.54, 1.807) is 0 Å². The standard InChI is InChI=1S/C31H50N2O4/c1-22(34)15-27(35)37-26-18-30(6,7)33(31(8,9)19-26)21-24-13-11-23(12-14-24)20-32-28(2,3)16-25(36-10)17-29(32,4)5/h11-14,25-26H,15-21H2,1-10H3. The Morgan fingerprint density at radius 3 is 1.41 bits per heavy atom. The highest BCUT2D eigenvalue weighted by Crippen LogP contribution is 2.42. The fourth-order valence-corrected chi connectivity index (χ4v) is 7.10. The molecule has 0 saturated carbocycles. The van der Waals surface area contributed by atoms with Gasteiger partial charge in [0.2, 0.25) is 0 Å². The van der Waals surface area contributed by atoms with E-state index in [-0.39, 0.29) is 40.5 Å². The number of ether oxygens (including phenoxy) is 2. The number of hydrogen-bond donors (Lipinski definition) is 0. The second-order valence-corrected chi connectivity index (χ2v) is 13.9. The third-order valence-electron chi connectivity index (χ3n) is 8.56. The second kappa shape index (κ2) is 10.8. The Bertz CT molecular complexity index is 928. The van der Waals surface area contributed by atoms with E-state index < -0.39 is 5.97 Å². The first-order chi connectivity index (χ1) is 16.9. The van der Waals surface area contributed by atoms with Crippen LogP contribution < -0.4 is 0 Å². The molecule has 3 rings (SSSR count). The fourth-order valence-electron chi connectivity index (χ4n) is 7.10. The van der Waals surface area contributed by atoms with Crippen LogP contribution in [0, 0.1) is 0 Å². The fraction of sp³-hybridized carbons (Fsp3) is 0.742. The predicted octanol–water partition coefficient (Wildman–Crippen LogP) is 5.90. The molecule has 0 radical (unpaired) electrons. The number of carbonyl (C=O) groups excluding carboxylic acids is 2. The largest absolute Gasteiger partial charge is 0.462 e. The zero-order valence-corrected chi connectivity index (χ0v) is 24.9. The number of ketones is 1. The average molecular weight is 515 g/mol. The van der Waals surface area contributed by atoms with E-state index in [1.165, 1.54) is 18.1 Å². The van der Waals surface area contributed by atoms with E-state index in [0.29, 0.717) is 6.10 Å². The van der Waals surface area contributed by atoms with Gasteiger partial charge < -0.3 is 9.47 Å². The summed E-state index contributed by atoms with van der Waals surface area (Å²) in [5, 5.41) is 0. The lowest BCUT2D eigenvalue weighted by atomic mass is 9.77. The van der Waals surface area contributed by atoms with Crippen LogP contribution in [0.5, 0.6) is 0 Å². The van der Waals surface area contributed by atoms with E-state index in [4.69, 9.17) is 9.47 Å². The number of piperidine rings is 2. The first kappa shape index (κ1) is 29.8. The van der Waals surface area contributed by atoms with Crippen LogP contribution in [0.3, 0.4) is 0 Å². The minimum atomic E-state index is -0.411. The maximum absolute atomic E-state index is 12.1. The van der Waals surface area contributed by atoms with E-state index in [2.05, 4.69) is 89.5 Å². The average Bonchev–Trinajstić information content (AvgIpc) is 2.72. The third-order valence-corrected chi connectivity index (χ3v) is 8.56. The lowest BCUT2D eigenvalue weighted by Gasteiger charge is -2.55. The number of Topliss-reactive ketones (excluding diaryl/α,β-unsaturated/α-hetero) is 1. The molecule has 0 bridgehead atoms. The minimum Gasteiger partial charge on any atom is -0.462 e. The van der Waals surface area contributed by atoms with Crippen molar-refractivity contribution in [1.82, 2.24) is 9.80 Å². The number of carbonyl (C=O) groups is 2. The van der Waals surface area contributed by atoms with Gasteiger partial charge in [-0.2, -0.15) is 0 Å². The summed E-state index contributed by atoms with van der Waals surface area (Å²) in [6.45, 7) is 21.4. The molecule has 0 aliphatic carbocycles. The topological polar surface area (TPSA) is 59.1 Å². The molecule has 0 unspecified atom stereocenters. The molecule has 0 spiro atoms. The summed E-state index contributed by atoms with van der Waals surface area (Å²) in [5.41, 5.74) is 2.44. The zero-order chi connectivity index (χ0) is 27.8. The summed E-state index contributed by atoms with van der Waals surface area (Å²) in [7, 11) is 1.83. The Kier molecular flexibility index (Phi) is 8.68. The SMILES string of the molecule is COC1CC(C)(C)N(Cc2ccc(CN3C(C)(C)CC(OC(=O)CC(C)=O)CC3(C)C)cc2)C(C)(C)C1. The van der Waals surface area contributed by atoms with Crippen LogP contribution in [0.1, 0.15) is 106 Å². The molecule has 37 heavy (non-hydrogen) atoms. The Morgan fingerprint density at radius 2 is 1.08 bits per heavy atom. The number of nitrogens with zero attached hydrogens (tertiary/aromatic N) is 2. The predicted molar refractivity (Wildman–Crippen MR) is 148 cm³/mol. The number of hydrogen-bond acceptors (Lipinski definition) is 6. The van der Waals surface area contributed by atoms with E-state index in [1.807, 2.05) is 7.11 Å². The number of esters is 1. The number of benzene rings is 1. The van der Waals surface area contributed by atoms with Crippen LogP contribution in [-0.4, -0.2) is 63.0 Å². The minimum absolute atomic E-state index is 0.0629. The Morgan fingerprint density at radius 1 is 0.730 bits per heavy atom. The van der Waals surface area contributed by atoms with Gasteiger partial charge in [0.25, 0.3) is 0 Å². The van der Waals surface area contributed by atoms with Gasteiger partial charge in [0.15, 0.2) is 0 Å². The maximum Gasteiger partial charge on any atom is 0.313 e. The monoisotopic (exact) mass is 514 g/mol. The molecule has 2 aliphatic rings. The van der Waals surface area contributed by atoms with Crippen molar-refractivity contribution in [3.8, 4) is 0 Å². The summed E-state index contributed by atoms with van der Waals surface area (Å²) < 4.78 is 11.5. The highest BCUT2D eigenvalue weighted by molar-refractivity contribution is 5.94. The van der Waals surface area contributed by atoms with Crippen LogP contribution in [-0.2, 0) is 32.2 Å². The van der Waals surface area contributed by atoms with Gasteiger partial charge >= 0.3 is 5.97 Å².